The van der Waals surface area contributed by atoms with E-state index in [1.54, 1.807) is 6.07 Å². The van der Waals surface area contributed by atoms with Crippen molar-refractivity contribution in [1.29, 1.82) is 0 Å². The Morgan fingerprint density at radius 3 is 2.56 bits per heavy atom. The molecular weight excluding hydrogens is 299 g/mol. The smallest absolute Gasteiger partial charge is 0.146 e. The van der Waals surface area contributed by atoms with E-state index in [0.29, 0.717) is 16.6 Å². The number of halogens is 2. The van der Waals surface area contributed by atoms with Crippen LogP contribution in [-0.2, 0) is 4.79 Å². The fraction of sp³-hybridized carbons (Fsp3) is 0.500. The van der Waals surface area contributed by atoms with Crippen LogP contribution in [0.25, 0.3) is 0 Å². The summed E-state index contributed by atoms with van der Waals surface area (Å²) >= 11 is 3.23. The van der Waals surface area contributed by atoms with Crippen molar-refractivity contribution in [1.82, 2.24) is 0 Å². The highest BCUT2D eigenvalue weighted by molar-refractivity contribution is 9.10. The third-order valence-electron chi connectivity index (χ3n) is 3.92. The molecule has 0 spiro atoms. The van der Waals surface area contributed by atoms with Gasteiger partial charge in [-0.3, -0.25) is 4.79 Å². The molecule has 0 radical (unpaired) electrons. The maximum Gasteiger partial charge on any atom is 0.146 e. The molecule has 2 rings (SSSR count). The van der Waals surface area contributed by atoms with Crippen molar-refractivity contribution in [3.05, 3.63) is 28.5 Å². The highest BCUT2D eigenvalue weighted by Gasteiger charge is 2.53. The van der Waals surface area contributed by atoms with Gasteiger partial charge in [-0.05, 0) is 25.0 Å². The summed E-state index contributed by atoms with van der Waals surface area (Å²) in [5.74, 6) is 0.391. The normalized spacial score (nSPS) is 21.6. The molecule has 4 heteroatoms. The molecule has 0 heterocycles. The fourth-order valence-electron chi connectivity index (χ4n) is 2.63. The van der Waals surface area contributed by atoms with Gasteiger partial charge in [0.15, 0.2) is 0 Å². The Morgan fingerprint density at radius 2 is 2.06 bits per heavy atom. The van der Waals surface area contributed by atoms with Crippen molar-refractivity contribution in [2.75, 3.05) is 0 Å². The lowest BCUT2D eigenvalue weighted by atomic mass is 9.61. The van der Waals surface area contributed by atoms with Crippen molar-refractivity contribution in [2.24, 2.45) is 5.41 Å². The molecule has 0 aliphatic heterocycles. The van der Waals surface area contributed by atoms with Crippen molar-refractivity contribution >= 4 is 21.7 Å². The lowest BCUT2D eigenvalue weighted by Gasteiger charge is -2.46. The molecule has 1 atom stereocenters. The Hall–Kier alpha value is -0.900. The summed E-state index contributed by atoms with van der Waals surface area (Å²) in [6.45, 7) is 4.00. The molecule has 1 fully saturated rings. The monoisotopic (exact) mass is 314 g/mol. The zero-order valence-corrected chi connectivity index (χ0v) is 12.1. The Kier molecular flexibility index (Phi) is 3.76. The first-order valence-electron chi connectivity index (χ1n) is 6.18. The predicted molar refractivity (Wildman–Crippen MR) is 71.2 cm³/mol. The quantitative estimate of drug-likeness (QED) is 0.835. The van der Waals surface area contributed by atoms with E-state index in [4.69, 9.17) is 4.74 Å². The second kappa shape index (κ2) is 5.00. The minimum Gasteiger partial charge on any atom is -0.489 e. The van der Waals surface area contributed by atoms with Gasteiger partial charge in [-0.2, -0.15) is 0 Å². The molecule has 1 aliphatic carbocycles. The standard InChI is InChI=1S/C14H16BrFO2/c1-3-14(4-2)12(17)8-13(14)18-11-6-9(15)5-10(16)7-11/h5-7,13H,3-4,8H2,1-2H3. The predicted octanol–water partition coefficient (Wildman–Crippen LogP) is 4.11. The average Bonchev–Trinajstić information content (AvgIpc) is 2.29. The van der Waals surface area contributed by atoms with E-state index in [0.717, 1.165) is 12.8 Å². The van der Waals surface area contributed by atoms with E-state index in [2.05, 4.69) is 15.9 Å². The van der Waals surface area contributed by atoms with Crippen molar-refractivity contribution < 1.29 is 13.9 Å². The van der Waals surface area contributed by atoms with E-state index in [9.17, 15) is 9.18 Å². The maximum atomic E-state index is 13.3. The van der Waals surface area contributed by atoms with Crippen molar-refractivity contribution in [3.8, 4) is 5.75 Å². The molecule has 2 nitrogen and oxygen atoms in total. The minimum atomic E-state index is -0.376. The van der Waals surface area contributed by atoms with Gasteiger partial charge in [-0.15, -0.1) is 0 Å². The second-order valence-electron chi connectivity index (χ2n) is 4.70. The van der Waals surface area contributed by atoms with Gasteiger partial charge in [0, 0.05) is 17.0 Å². The summed E-state index contributed by atoms with van der Waals surface area (Å²) in [4.78, 5) is 11.8. The molecule has 1 aliphatic rings. The zero-order chi connectivity index (χ0) is 13.3. The molecule has 18 heavy (non-hydrogen) atoms. The van der Waals surface area contributed by atoms with Crippen LogP contribution in [0.2, 0.25) is 0 Å². The van der Waals surface area contributed by atoms with E-state index in [1.807, 2.05) is 13.8 Å². The number of ether oxygens (including phenoxy) is 1. The summed E-state index contributed by atoms with van der Waals surface area (Å²) in [7, 11) is 0. The van der Waals surface area contributed by atoms with Crippen LogP contribution in [0.5, 0.6) is 5.75 Å². The molecule has 0 N–H and O–H groups in total. The second-order valence-corrected chi connectivity index (χ2v) is 5.62. The van der Waals surface area contributed by atoms with E-state index >= 15 is 0 Å². The van der Waals surface area contributed by atoms with Gasteiger partial charge in [-0.25, -0.2) is 4.39 Å². The third-order valence-corrected chi connectivity index (χ3v) is 4.38. The van der Waals surface area contributed by atoms with E-state index in [1.165, 1.54) is 12.1 Å². The SMILES string of the molecule is CCC1(CC)C(=O)CC1Oc1cc(F)cc(Br)c1. The Balaban J connectivity index is 2.17. The molecule has 1 unspecified atom stereocenters. The summed E-state index contributed by atoms with van der Waals surface area (Å²) in [6, 6.07) is 4.46. The topological polar surface area (TPSA) is 26.3 Å². The number of hydrogen-bond donors (Lipinski definition) is 0. The highest BCUT2D eigenvalue weighted by Crippen LogP contribution is 2.45. The van der Waals surface area contributed by atoms with Crippen LogP contribution in [0, 0.1) is 11.2 Å². The summed E-state index contributed by atoms with van der Waals surface area (Å²) in [5.41, 5.74) is -0.376. The number of rotatable bonds is 4. The number of hydrogen-bond acceptors (Lipinski definition) is 2. The van der Waals surface area contributed by atoms with E-state index in [-0.39, 0.29) is 23.1 Å². The summed E-state index contributed by atoms with van der Waals surface area (Å²) in [5, 5.41) is 0. The fourth-order valence-corrected chi connectivity index (χ4v) is 3.07. The molecule has 98 valence electrons. The molecule has 0 amide bonds. The van der Waals surface area contributed by atoms with Crippen LogP contribution in [0.3, 0.4) is 0 Å². The molecule has 0 bridgehead atoms. The van der Waals surface area contributed by atoms with Crippen molar-refractivity contribution in [2.45, 2.75) is 39.2 Å². The minimum absolute atomic E-state index is 0.131. The van der Waals surface area contributed by atoms with Crippen LogP contribution < -0.4 is 4.74 Å². The molecular formula is C14H16BrFO2. The number of carbonyl (C=O) groups excluding carboxylic acids is 1. The van der Waals surface area contributed by atoms with Gasteiger partial charge in [0.05, 0.1) is 5.41 Å². The molecule has 0 aromatic heterocycles. The lowest BCUT2D eigenvalue weighted by Crippen LogP contribution is -2.56. The van der Waals surface area contributed by atoms with Crippen LogP contribution in [0.1, 0.15) is 33.1 Å². The first-order chi connectivity index (χ1) is 8.51. The molecule has 1 aromatic carbocycles. The molecule has 1 saturated carbocycles. The first-order valence-corrected chi connectivity index (χ1v) is 6.97. The molecule has 1 aromatic rings. The van der Waals surface area contributed by atoms with E-state index < -0.39 is 0 Å². The number of Topliss-reactive ketones (excluding diaryl/α,β-unsaturated/α-hetero) is 1. The van der Waals surface area contributed by atoms with Gasteiger partial charge in [0.1, 0.15) is 23.5 Å². The largest absolute Gasteiger partial charge is 0.489 e. The Bertz CT molecular complexity index is 449. The zero-order valence-electron chi connectivity index (χ0n) is 10.5. The van der Waals surface area contributed by atoms with Gasteiger partial charge in [0.25, 0.3) is 0 Å². The van der Waals surface area contributed by atoms with Crippen LogP contribution in [-0.4, -0.2) is 11.9 Å². The van der Waals surface area contributed by atoms with Gasteiger partial charge in [0.2, 0.25) is 0 Å². The third kappa shape index (κ3) is 2.18. The highest BCUT2D eigenvalue weighted by atomic mass is 79.9. The van der Waals surface area contributed by atoms with Crippen LogP contribution in [0.4, 0.5) is 4.39 Å². The maximum absolute atomic E-state index is 13.3. The summed E-state index contributed by atoms with van der Waals surface area (Å²) in [6.07, 6.45) is 1.83. The van der Waals surface area contributed by atoms with Crippen LogP contribution in [0.15, 0.2) is 22.7 Å². The van der Waals surface area contributed by atoms with Crippen LogP contribution >= 0.6 is 15.9 Å². The first kappa shape index (κ1) is 13.5. The average molecular weight is 315 g/mol. The van der Waals surface area contributed by atoms with Crippen molar-refractivity contribution in [3.63, 3.8) is 0 Å². The van der Waals surface area contributed by atoms with Gasteiger partial charge < -0.3 is 4.74 Å². The Morgan fingerprint density at radius 1 is 1.39 bits per heavy atom. The van der Waals surface area contributed by atoms with Gasteiger partial charge >= 0.3 is 0 Å². The molecule has 0 saturated heterocycles. The Labute approximate surface area is 115 Å². The number of ketones is 1. The lowest BCUT2D eigenvalue weighted by molar-refractivity contribution is -0.153. The van der Waals surface area contributed by atoms with Gasteiger partial charge in [-0.1, -0.05) is 29.8 Å². The number of carbonyl (C=O) groups is 1. The summed E-state index contributed by atoms with van der Waals surface area (Å²) < 4.78 is 19.7. The number of benzene rings is 1.